The fourth-order valence-corrected chi connectivity index (χ4v) is 4.21. The highest BCUT2D eigenvalue weighted by molar-refractivity contribution is 6.12. The van der Waals surface area contributed by atoms with Gasteiger partial charge in [0.05, 0.1) is 0 Å². The summed E-state index contributed by atoms with van der Waals surface area (Å²) in [6, 6.07) is 43.1. The second kappa shape index (κ2) is 7.77. The summed E-state index contributed by atoms with van der Waals surface area (Å²) in [7, 11) is 0. The van der Waals surface area contributed by atoms with E-state index >= 15 is 0 Å². The van der Waals surface area contributed by atoms with Gasteiger partial charge in [-0.1, -0.05) is 121 Å². The standard InChI is InChI=1S/C29H22/c1-5-13-22(14-6-1)26-21-27(29(26)25-19-11-4-12-20-25)28(23-15-7-2-8-16-23)24-17-9-3-10-18-24/h1-20H,21H2. The average molecular weight is 370 g/mol. The smallest absolute Gasteiger partial charge is 0.0000902 e. The van der Waals surface area contributed by atoms with Gasteiger partial charge < -0.3 is 0 Å². The molecule has 0 aromatic heterocycles. The fraction of sp³-hybridized carbons (Fsp3) is 0.0345. The molecule has 29 heavy (non-hydrogen) atoms. The van der Waals surface area contributed by atoms with Gasteiger partial charge in [0.1, 0.15) is 0 Å². The maximum absolute atomic E-state index is 2.23. The third kappa shape index (κ3) is 3.34. The summed E-state index contributed by atoms with van der Waals surface area (Å²) in [5, 5.41) is 0. The lowest BCUT2D eigenvalue weighted by Gasteiger charge is -2.32. The van der Waals surface area contributed by atoms with E-state index in [0.717, 1.165) is 6.42 Å². The predicted octanol–water partition coefficient (Wildman–Crippen LogP) is 7.50. The van der Waals surface area contributed by atoms with Crippen LogP contribution in [0.3, 0.4) is 0 Å². The van der Waals surface area contributed by atoms with Crippen LogP contribution in [0.4, 0.5) is 0 Å². The average Bonchev–Trinajstić information content (AvgIpc) is 2.79. The van der Waals surface area contributed by atoms with E-state index in [-0.39, 0.29) is 0 Å². The van der Waals surface area contributed by atoms with Crippen molar-refractivity contribution in [2.45, 2.75) is 6.42 Å². The Morgan fingerprint density at radius 3 is 1.34 bits per heavy atom. The van der Waals surface area contributed by atoms with Crippen LogP contribution in [0.5, 0.6) is 0 Å². The van der Waals surface area contributed by atoms with Gasteiger partial charge >= 0.3 is 0 Å². The highest BCUT2D eigenvalue weighted by Crippen LogP contribution is 2.51. The first kappa shape index (κ1) is 17.5. The topological polar surface area (TPSA) is 0 Å². The lowest BCUT2D eigenvalue weighted by atomic mass is 9.72. The van der Waals surface area contributed by atoms with Gasteiger partial charge in [0.25, 0.3) is 0 Å². The van der Waals surface area contributed by atoms with Crippen LogP contribution < -0.4 is 0 Å². The lowest BCUT2D eigenvalue weighted by Crippen LogP contribution is -2.10. The highest BCUT2D eigenvalue weighted by atomic mass is 14.3. The van der Waals surface area contributed by atoms with Crippen molar-refractivity contribution in [3.05, 3.63) is 149 Å². The van der Waals surface area contributed by atoms with Crippen molar-refractivity contribution < 1.29 is 0 Å². The largest absolute Gasteiger partial charge is 0.0622 e. The van der Waals surface area contributed by atoms with Gasteiger partial charge in [0.2, 0.25) is 0 Å². The molecule has 0 nitrogen and oxygen atoms in total. The summed E-state index contributed by atoms with van der Waals surface area (Å²) < 4.78 is 0. The Labute approximate surface area is 172 Å². The van der Waals surface area contributed by atoms with E-state index in [1.165, 1.54) is 44.5 Å². The molecule has 0 saturated carbocycles. The second-order valence-electron chi connectivity index (χ2n) is 7.35. The number of allylic oxidation sites excluding steroid dienone is 3. The molecule has 4 aromatic rings. The first-order chi connectivity index (χ1) is 14.4. The first-order valence-corrected chi connectivity index (χ1v) is 10.1. The van der Waals surface area contributed by atoms with Gasteiger partial charge in [-0.2, -0.15) is 0 Å². The predicted molar refractivity (Wildman–Crippen MR) is 123 cm³/mol. The molecule has 0 saturated heterocycles. The van der Waals surface area contributed by atoms with E-state index < -0.39 is 0 Å². The van der Waals surface area contributed by atoms with E-state index in [1.807, 2.05) is 0 Å². The zero-order valence-electron chi connectivity index (χ0n) is 16.3. The van der Waals surface area contributed by atoms with Crippen molar-refractivity contribution in [3.63, 3.8) is 0 Å². The molecule has 0 radical (unpaired) electrons. The Morgan fingerprint density at radius 2 is 0.862 bits per heavy atom. The zero-order valence-corrected chi connectivity index (χ0v) is 16.3. The van der Waals surface area contributed by atoms with Crippen molar-refractivity contribution in [1.82, 2.24) is 0 Å². The van der Waals surface area contributed by atoms with Crippen molar-refractivity contribution >= 4 is 16.7 Å². The van der Waals surface area contributed by atoms with Gasteiger partial charge in [0.15, 0.2) is 0 Å². The zero-order chi connectivity index (χ0) is 19.5. The third-order valence-electron chi connectivity index (χ3n) is 5.57. The van der Waals surface area contributed by atoms with Crippen LogP contribution in [-0.4, -0.2) is 0 Å². The molecule has 0 amide bonds. The van der Waals surface area contributed by atoms with Crippen LogP contribution in [0.2, 0.25) is 0 Å². The van der Waals surface area contributed by atoms with E-state index in [1.54, 1.807) is 0 Å². The minimum atomic E-state index is 0.980. The van der Waals surface area contributed by atoms with Crippen LogP contribution in [0.15, 0.2) is 127 Å². The minimum absolute atomic E-state index is 0.980. The van der Waals surface area contributed by atoms with Crippen molar-refractivity contribution in [3.8, 4) is 0 Å². The van der Waals surface area contributed by atoms with Crippen molar-refractivity contribution in [1.29, 1.82) is 0 Å². The molecule has 0 heteroatoms. The molecular formula is C29H22. The Hall–Kier alpha value is -3.64. The summed E-state index contributed by atoms with van der Waals surface area (Å²) in [6.07, 6.45) is 0.980. The summed E-state index contributed by atoms with van der Waals surface area (Å²) in [5.41, 5.74) is 10.7. The Balaban J connectivity index is 1.78. The van der Waals surface area contributed by atoms with Crippen LogP contribution in [-0.2, 0) is 0 Å². The molecule has 0 spiro atoms. The number of rotatable bonds is 4. The molecule has 0 unspecified atom stereocenters. The molecule has 0 aliphatic heterocycles. The molecule has 1 aliphatic carbocycles. The molecule has 5 rings (SSSR count). The number of benzene rings is 4. The first-order valence-electron chi connectivity index (χ1n) is 10.1. The van der Waals surface area contributed by atoms with Gasteiger partial charge in [-0.25, -0.2) is 0 Å². The van der Waals surface area contributed by atoms with E-state index in [0.29, 0.717) is 0 Å². The van der Waals surface area contributed by atoms with Crippen LogP contribution in [0.25, 0.3) is 16.7 Å². The monoisotopic (exact) mass is 370 g/mol. The molecular weight excluding hydrogens is 348 g/mol. The molecule has 1 aliphatic rings. The van der Waals surface area contributed by atoms with E-state index in [2.05, 4.69) is 121 Å². The Morgan fingerprint density at radius 1 is 0.448 bits per heavy atom. The molecule has 0 atom stereocenters. The van der Waals surface area contributed by atoms with Gasteiger partial charge in [-0.05, 0) is 51.0 Å². The summed E-state index contributed by atoms with van der Waals surface area (Å²) in [4.78, 5) is 0. The lowest BCUT2D eigenvalue weighted by molar-refractivity contribution is 1.22. The summed E-state index contributed by atoms with van der Waals surface area (Å²) in [6.45, 7) is 0. The summed E-state index contributed by atoms with van der Waals surface area (Å²) >= 11 is 0. The highest BCUT2D eigenvalue weighted by Gasteiger charge is 2.29. The van der Waals surface area contributed by atoms with Gasteiger partial charge in [-0.3, -0.25) is 0 Å². The van der Waals surface area contributed by atoms with Crippen molar-refractivity contribution in [2.24, 2.45) is 0 Å². The van der Waals surface area contributed by atoms with Crippen LogP contribution in [0.1, 0.15) is 28.7 Å². The quantitative estimate of drug-likeness (QED) is 0.349. The van der Waals surface area contributed by atoms with Crippen molar-refractivity contribution in [2.75, 3.05) is 0 Å². The molecule has 0 N–H and O–H groups in total. The maximum Gasteiger partial charge on any atom is -0.0000902 e. The van der Waals surface area contributed by atoms with E-state index in [4.69, 9.17) is 0 Å². The molecule has 0 bridgehead atoms. The Kier molecular flexibility index (Phi) is 4.68. The van der Waals surface area contributed by atoms with E-state index in [9.17, 15) is 0 Å². The molecule has 0 heterocycles. The minimum Gasteiger partial charge on any atom is -0.0622 e. The fourth-order valence-electron chi connectivity index (χ4n) is 4.21. The van der Waals surface area contributed by atoms with Gasteiger partial charge in [0, 0.05) is 0 Å². The van der Waals surface area contributed by atoms with Crippen LogP contribution in [0, 0.1) is 0 Å². The summed E-state index contributed by atoms with van der Waals surface area (Å²) in [5.74, 6) is 0. The third-order valence-corrected chi connectivity index (χ3v) is 5.57. The van der Waals surface area contributed by atoms with Crippen LogP contribution >= 0.6 is 0 Å². The van der Waals surface area contributed by atoms with Gasteiger partial charge in [-0.15, -0.1) is 0 Å². The SMILES string of the molecule is c1ccc(C2=C(c3ccccc3)C(=C(c3ccccc3)c3ccccc3)C2)cc1. The molecule has 4 aromatic carbocycles. The molecule has 138 valence electrons. The molecule has 0 fully saturated rings. The maximum atomic E-state index is 2.23. The second-order valence-corrected chi connectivity index (χ2v) is 7.35. The normalized spacial score (nSPS) is 13.2. The number of hydrogen-bond donors (Lipinski definition) is 0. The number of hydrogen-bond acceptors (Lipinski definition) is 0. The Bertz CT molecular complexity index is 1120.